The molecule has 2 unspecified atom stereocenters. The second-order valence-electron chi connectivity index (χ2n) is 5.65. The first-order chi connectivity index (χ1) is 10.7. The predicted molar refractivity (Wildman–Crippen MR) is 86.9 cm³/mol. The van der Waals surface area contributed by atoms with Crippen molar-refractivity contribution in [2.75, 3.05) is 11.9 Å². The molecule has 1 fully saturated rings. The topological polar surface area (TPSA) is 58.4 Å². The highest BCUT2D eigenvalue weighted by molar-refractivity contribution is 7.10. The van der Waals surface area contributed by atoms with E-state index in [9.17, 15) is 4.79 Å². The summed E-state index contributed by atoms with van der Waals surface area (Å²) in [6.45, 7) is 4.84. The lowest BCUT2D eigenvalue weighted by Gasteiger charge is -2.30. The number of hydrogen-bond donors (Lipinski definition) is 1. The van der Waals surface area contributed by atoms with Crippen molar-refractivity contribution in [3.8, 4) is 0 Å². The third-order valence-corrected chi connectivity index (χ3v) is 5.11. The fourth-order valence-electron chi connectivity index (χ4n) is 3.15. The highest BCUT2D eigenvalue weighted by Gasteiger charge is 2.35. The van der Waals surface area contributed by atoms with Crippen LogP contribution in [0.25, 0.3) is 0 Å². The van der Waals surface area contributed by atoms with Crippen LogP contribution in [0.4, 0.5) is 5.82 Å². The third-order valence-electron chi connectivity index (χ3n) is 4.13. The summed E-state index contributed by atoms with van der Waals surface area (Å²) in [6, 6.07) is 6.21. The van der Waals surface area contributed by atoms with Crippen molar-refractivity contribution in [3.63, 3.8) is 0 Å². The first-order valence-electron chi connectivity index (χ1n) is 7.72. The van der Waals surface area contributed by atoms with E-state index in [4.69, 9.17) is 4.52 Å². The van der Waals surface area contributed by atoms with E-state index < -0.39 is 0 Å². The Labute approximate surface area is 134 Å². The van der Waals surface area contributed by atoms with Gasteiger partial charge in [0.15, 0.2) is 5.82 Å². The Morgan fingerprint density at radius 2 is 2.50 bits per heavy atom. The number of aryl methyl sites for hydroxylation is 1. The van der Waals surface area contributed by atoms with E-state index in [1.807, 2.05) is 6.92 Å². The number of thiophene rings is 1. The largest absolute Gasteiger partial charge is 0.360 e. The zero-order chi connectivity index (χ0) is 15.5. The first-order valence-corrected chi connectivity index (χ1v) is 8.60. The Morgan fingerprint density at radius 3 is 3.14 bits per heavy atom. The number of carbonyl (C=O) groups is 1. The van der Waals surface area contributed by atoms with Gasteiger partial charge in [-0.05, 0) is 44.2 Å². The summed E-state index contributed by atoms with van der Waals surface area (Å²) in [5, 5.41) is 8.82. The molecule has 1 aliphatic heterocycles. The first kappa shape index (κ1) is 15.2. The third kappa shape index (κ3) is 3.08. The summed E-state index contributed by atoms with van der Waals surface area (Å²) in [6.07, 6.45) is 3.04. The second kappa shape index (κ2) is 6.62. The van der Waals surface area contributed by atoms with E-state index in [-0.39, 0.29) is 11.9 Å². The SMILES string of the molecule is CCC(C(=O)Nc1cc(C)on1)N1CCCC1c1cccs1. The van der Waals surface area contributed by atoms with Crippen LogP contribution in [0.3, 0.4) is 0 Å². The van der Waals surface area contributed by atoms with Crippen molar-refractivity contribution in [1.82, 2.24) is 10.1 Å². The molecule has 22 heavy (non-hydrogen) atoms. The van der Waals surface area contributed by atoms with Crippen molar-refractivity contribution >= 4 is 23.1 Å². The minimum absolute atomic E-state index is 0.000689. The van der Waals surface area contributed by atoms with Crippen LogP contribution in [0.1, 0.15) is 42.9 Å². The zero-order valence-corrected chi connectivity index (χ0v) is 13.7. The van der Waals surface area contributed by atoms with E-state index >= 15 is 0 Å². The molecule has 0 bridgehead atoms. The predicted octanol–water partition coefficient (Wildman–Crippen LogP) is 3.60. The molecular formula is C16H21N3O2S. The van der Waals surface area contributed by atoms with Crippen LogP contribution in [0.2, 0.25) is 0 Å². The monoisotopic (exact) mass is 319 g/mol. The minimum atomic E-state index is -0.133. The van der Waals surface area contributed by atoms with Gasteiger partial charge < -0.3 is 9.84 Å². The number of likely N-dealkylation sites (tertiary alicyclic amines) is 1. The fourth-order valence-corrected chi connectivity index (χ4v) is 4.04. The molecule has 0 radical (unpaired) electrons. The quantitative estimate of drug-likeness (QED) is 0.915. The van der Waals surface area contributed by atoms with E-state index in [1.54, 1.807) is 17.4 Å². The molecule has 3 heterocycles. The molecule has 1 amide bonds. The summed E-state index contributed by atoms with van der Waals surface area (Å²) < 4.78 is 5.01. The van der Waals surface area contributed by atoms with Gasteiger partial charge in [0.25, 0.3) is 0 Å². The van der Waals surface area contributed by atoms with Gasteiger partial charge in [0.2, 0.25) is 5.91 Å². The number of carbonyl (C=O) groups excluding carboxylic acids is 1. The summed E-state index contributed by atoms with van der Waals surface area (Å²) in [5.41, 5.74) is 0. The smallest absolute Gasteiger partial charge is 0.242 e. The Balaban J connectivity index is 1.73. The Bertz CT molecular complexity index is 623. The van der Waals surface area contributed by atoms with Crippen LogP contribution >= 0.6 is 11.3 Å². The van der Waals surface area contributed by atoms with Crippen molar-refractivity contribution in [3.05, 3.63) is 34.2 Å². The number of nitrogens with zero attached hydrogens (tertiary/aromatic N) is 2. The molecule has 2 aromatic heterocycles. The van der Waals surface area contributed by atoms with E-state index in [0.29, 0.717) is 17.6 Å². The van der Waals surface area contributed by atoms with Crippen LogP contribution in [0, 0.1) is 6.92 Å². The van der Waals surface area contributed by atoms with Crippen molar-refractivity contribution < 1.29 is 9.32 Å². The maximum absolute atomic E-state index is 12.6. The number of hydrogen-bond acceptors (Lipinski definition) is 5. The molecule has 5 nitrogen and oxygen atoms in total. The van der Waals surface area contributed by atoms with Gasteiger partial charge in [-0.25, -0.2) is 0 Å². The molecule has 0 aromatic carbocycles. The number of anilines is 1. The normalized spacial score (nSPS) is 20.2. The van der Waals surface area contributed by atoms with Gasteiger partial charge in [-0.2, -0.15) is 0 Å². The summed E-state index contributed by atoms with van der Waals surface area (Å²) in [4.78, 5) is 16.3. The van der Waals surface area contributed by atoms with Crippen LogP contribution in [-0.4, -0.2) is 28.6 Å². The molecular weight excluding hydrogens is 298 g/mol. The lowest BCUT2D eigenvalue weighted by atomic mass is 10.1. The summed E-state index contributed by atoms with van der Waals surface area (Å²) >= 11 is 1.77. The average Bonchev–Trinajstić information content (AvgIpc) is 3.20. The second-order valence-corrected chi connectivity index (χ2v) is 6.63. The molecule has 1 aliphatic rings. The van der Waals surface area contributed by atoms with Gasteiger partial charge >= 0.3 is 0 Å². The van der Waals surface area contributed by atoms with Crippen LogP contribution < -0.4 is 5.32 Å². The number of aromatic nitrogens is 1. The maximum atomic E-state index is 12.6. The highest BCUT2D eigenvalue weighted by Crippen LogP contribution is 2.36. The molecule has 0 saturated carbocycles. The molecule has 2 atom stereocenters. The molecule has 0 aliphatic carbocycles. The van der Waals surface area contributed by atoms with Crippen molar-refractivity contribution in [2.24, 2.45) is 0 Å². The molecule has 118 valence electrons. The zero-order valence-electron chi connectivity index (χ0n) is 12.9. The molecule has 6 heteroatoms. The molecule has 1 saturated heterocycles. The standard InChI is InChI=1S/C16H21N3O2S/c1-3-12(16(20)17-15-10-11(2)21-18-15)19-8-4-6-13(19)14-7-5-9-22-14/h5,7,9-10,12-13H,3-4,6,8H2,1-2H3,(H,17,18,20). The molecule has 0 spiro atoms. The lowest BCUT2D eigenvalue weighted by Crippen LogP contribution is -2.43. The molecule has 2 aromatic rings. The molecule has 3 rings (SSSR count). The van der Waals surface area contributed by atoms with Gasteiger partial charge in [0, 0.05) is 17.0 Å². The Kier molecular flexibility index (Phi) is 4.59. The number of nitrogens with one attached hydrogen (secondary N) is 1. The van der Waals surface area contributed by atoms with Gasteiger partial charge in [-0.3, -0.25) is 9.69 Å². The van der Waals surface area contributed by atoms with Crippen molar-refractivity contribution in [2.45, 2.75) is 45.2 Å². The maximum Gasteiger partial charge on any atom is 0.242 e. The van der Waals surface area contributed by atoms with Gasteiger partial charge in [0.05, 0.1) is 6.04 Å². The Morgan fingerprint density at radius 1 is 1.64 bits per heavy atom. The van der Waals surface area contributed by atoms with Crippen LogP contribution in [-0.2, 0) is 4.79 Å². The minimum Gasteiger partial charge on any atom is -0.360 e. The van der Waals surface area contributed by atoms with E-state index in [0.717, 1.165) is 25.8 Å². The molecule has 1 N–H and O–H groups in total. The van der Waals surface area contributed by atoms with Crippen LogP contribution in [0.15, 0.2) is 28.1 Å². The highest BCUT2D eigenvalue weighted by atomic mass is 32.1. The van der Waals surface area contributed by atoms with Gasteiger partial charge in [-0.1, -0.05) is 18.1 Å². The van der Waals surface area contributed by atoms with Gasteiger partial charge in [0.1, 0.15) is 5.76 Å². The number of rotatable bonds is 5. The van der Waals surface area contributed by atoms with E-state index in [1.165, 1.54) is 4.88 Å². The van der Waals surface area contributed by atoms with Crippen LogP contribution in [0.5, 0.6) is 0 Å². The number of amides is 1. The fraction of sp³-hybridized carbons (Fsp3) is 0.500. The van der Waals surface area contributed by atoms with E-state index in [2.05, 4.69) is 39.8 Å². The Hall–Kier alpha value is -1.66. The van der Waals surface area contributed by atoms with Gasteiger partial charge in [-0.15, -0.1) is 11.3 Å². The summed E-state index contributed by atoms with van der Waals surface area (Å²) in [5.74, 6) is 1.19. The van der Waals surface area contributed by atoms with Crippen molar-refractivity contribution in [1.29, 1.82) is 0 Å². The lowest BCUT2D eigenvalue weighted by molar-refractivity contribution is -0.121. The average molecular weight is 319 g/mol. The summed E-state index contributed by atoms with van der Waals surface area (Å²) in [7, 11) is 0.